The lowest BCUT2D eigenvalue weighted by atomic mass is 9.77. The van der Waals surface area contributed by atoms with Gasteiger partial charge in [-0.2, -0.15) is 0 Å². The predicted octanol–water partition coefficient (Wildman–Crippen LogP) is 5.61. The van der Waals surface area contributed by atoms with Crippen molar-refractivity contribution in [3.8, 4) is 0 Å². The maximum absolute atomic E-state index is 13.4. The molecular weight excluding hydrogens is 356 g/mol. The predicted molar refractivity (Wildman–Crippen MR) is 120 cm³/mol. The van der Waals surface area contributed by atoms with Gasteiger partial charge in [0, 0.05) is 18.8 Å². The minimum Gasteiger partial charge on any atom is -0.371 e. The van der Waals surface area contributed by atoms with Crippen LogP contribution in [0.5, 0.6) is 0 Å². The lowest BCUT2D eigenvalue weighted by molar-refractivity contribution is -0.127. The van der Waals surface area contributed by atoms with Gasteiger partial charge >= 0.3 is 0 Å². The van der Waals surface area contributed by atoms with E-state index in [2.05, 4.69) is 60.5 Å². The van der Waals surface area contributed by atoms with E-state index in [0.717, 1.165) is 50.3 Å². The summed E-state index contributed by atoms with van der Waals surface area (Å²) in [4.78, 5) is 15.9. The summed E-state index contributed by atoms with van der Waals surface area (Å²) < 4.78 is 0. The standard InChI is InChI=1S/C26H34N2O/c1-20-9-8-18-28(19-20)24-14-12-22(13-15-24)21(2)27-25(29)26(16-6-7-17-26)23-10-4-3-5-11-23/h3-5,10-15,20-21H,6-9,16-19H2,1-2H3,(H,27,29)/t20-,21+/m1/s1. The van der Waals surface area contributed by atoms with Crippen molar-refractivity contribution >= 4 is 11.6 Å². The summed E-state index contributed by atoms with van der Waals surface area (Å²) in [6, 6.07) is 19.2. The molecule has 29 heavy (non-hydrogen) atoms. The van der Waals surface area contributed by atoms with Gasteiger partial charge in [0.05, 0.1) is 11.5 Å². The number of amides is 1. The summed E-state index contributed by atoms with van der Waals surface area (Å²) >= 11 is 0. The molecule has 1 N–H and O–H groups in total. The second-order valence-electron chi connectivity index (χ2n) is 9.14. The Kier molecular flexibility index (Phi) is 5.94. The fraction of sp³-hybridized carbons (Fsp3) is 0.500. The van der Waals surface area contributed by atoms with Crippen LogP contribution in [0.2, 0.25) is 0 Å². The normalized spacial score (nSPS) is 22.3. The number of nitrogens with one attached hydrogen (secondary N) is 1. The second-order valence-corrected chi connectivity index (χ2v) is 9.14. The number of hydrogen-bond donors (Lipinski definition) is 1. The first-order chi connectivity index (χ1) is 14.1. The summed E-state index contributed by atoms with van der Waals surface area (Å²) in [6.45, 7) is 6.73. The Labute approximate surface area is 175 Å². The molecule has 1 aliphatic heterocycles. The topological polar surface area (TPSA) is 32.3 Å². The number of hydrogen-bond acceptors (Lipinski definition) is 2. The molecule has 154 valence electrons. The molecule has 2 aromatic rings. The van der Waals surface area contributed by atoms with Gasteiger partial charge in [-0.25, -0.2) is 0 Å². The molecule has 0 unspecified atom stereocenters. The number of benzene rings is 2. The van der Waals surface area contributed by atoms with Crippen LogP contribution in [-0.4, -0.2) is 19.0 Å². The maximum atomic E-state index is 13.4. The van der Waals surface area contributed by atoms with Crippen LogP contribution in [-0.2, 0) is 10.2 Å². The molecule has 0 radical (unpaired) electrons. The van der Waals surface area contributed by atoms with Gasteiger partial charge in [-0.15, -0.1) is 0 Å². The fourth-order valence-corrected chi connectivity index (χ4v) is 5.20. The highest BCUT2D eigenvalue weighted by Crippen LogP contribution is 2.41. The Morgan fingerprint density at radius 1 is 1.03 bits per heavy atom. The molecule has 2 aromatic carbocycles. The van der Waals surface area contributed by atoms with E-state index in [-0.39, 0.29) is 17.4 Å². The highest BCUT2D eigenvalue weighted by Gasteiger charge is 2.42. The summed E-state index contributed by atoms with van der Waals surface area (Å²) in [5, 5.41) is 3.33. The van der Waals surface area contributed by atoms with Crippen LogP contribution in [0.4, 0.5) is 5.69 Å². The molecule has 1 amide bonds. The van der Waals surface area contributed by atoms with Crippen molar-refractivity contribution in [3.63, 3.8) is 0 Å². The van der Waals surface area contributed by atoms with Gasteiger partial charge in [-0.05, 0) is 61.8 Å². The molecule has 4 rings (SSSR count). The first-order valence-electron chi connectivity index (χ1n) is 11.3. The average Bonchev–Trinajstić information content (AvgIpc) is 3.26. The Bertz CT molecular complexity index is 808. The van der Waals surface area contributed by atoms with Crippen molar-refractivity contribution in [2.24, 2.45) is 5.92 Å². The van der Waals surface area contributed by atoms with Crippen molar-refractivity contribution in [2.45, 2.75) is 63.8 Å². The summed E-state index contributed by atoms with van der Waals surface area (Å²) in [5.74, 6) is 0.949. The highest BCUT2D eigenvalue weighted by molar-refractivity contribution is 5.89. The number of carbonyl (C=O) groups excluding carboxylic acids is 1. The monoisotopic (exact) mass is 390 g/mol. The zero-order valence-electron chi connectivity index (χ0n) is 17.9. The van der Waals surface area contributed by atoms with Crippen molar-refractivity contribution in [2.75, 3.05) is 18.0 Å². The van der Waals surface area contributed by atoms with Crippen molar-refractivity contribution < 1.29 is 4.79 Å². The maximum Gasteiger partial charge on any atom is 0.231 e. The summed E-state index contributed by atoms with van der Waals surface area (Å²) in [7, 11) is 0. The number of piperidine rings is 1. The van der Waals surface area contributed by atoms with Crippen LogP contribution >= 0.6 is 0 Å². The molecule has 1 saturated carbocycles. The number of rotatable bonds is 5. The van der Waals surface area contributed by atoms with Crippen LogP contribution in [0.1, 0.15) is 69.5 Å². The minimum absolute atomic E-state index is 0.0121. The summed E-state index contributed by atoms with van der Waals surface area (Å²) in [6.07, 6.45) is 6.75. The van der Waals surface area contributed by atoms with E-state index in [1.54, 1.807) is 0 Å². The molecule has 3 heteroatoms. The van der Waals surface area contributed by atoms with Gasteiger partial charge in [0.25, 0.3) is 0 Å². The third-order valence-corrected chi connectivity index (χ3v) is 6.98. The number of carbonyl (C=O) groups is 1. The molecular formula is C26H34N2O. The fourth-order valence-electron chi connectivity index (χ4n) is 5.20. The lowest BCUT2D eigenvalue weighted by Crippen LogP contribution is -2.43. The van der Waals surface area contributed by atoms with E-state index in [9.17, 15) is 4.79 Å². The Morgan fingerprint density at radius 3 is 2.38 bits per heavy atom. The van der Waals surface area contributed by atoms with E-state index in [0.29, 0.717) is 0 Å². The molecule has 2 fully saturated rings. The molecule has 0 bridgehead atoms. The lowest BCUT2D eigenvalue weighted by Gasteiger charge is -2.33. The van der Waals surface area contributed by atoms with Crippen LogP contribution in [0.25, 0.3) is 0 Å². The van der Waals surface area contributed by atoms with Gasteiger partial charge < -0.3 is 10.2 Å². The second kappa shape index (κ2) is 8.61. The van der Waals surface area contributed by atoms with Crippen LogP contribution in [0, 0.1) is 5.92 Å². The molecule has 0 aromatic heterocycles. The van der Waals surface area contributed by atoms with Gasteiger partial charge in [0.1, 0.15) is 0 Å². The van der Waals surface area contributed by atoms with Gasteiger partial charge in [0.15, 0.2) is 0 Å². The molecule has 0 spiro atoms. The van der Waals surface area contributed by atoms with E-state index in [1.165, 1.54) is 24.1 Å². The van der Waals surface area contributed by atoms with Crippen molar-refractivity contribution in [1.82, 2.24) is 5.32 Å². The third-order valence-electron chi connectivity index (χ3n) is 6.98. The van der Waals surface area contributed by atoms with Gasteiger partial charge in [0.2, 0.25) is 5.91 Å². The molecule has 1 aliphatic carbocycles. The van der Waals surface area contributed by atoms with E-state index < -0.39 is 0 Å². The average molecular weight is 391 g/mol. The van der Waals surface area contributed by atoms with E-state index >= 15 is 0 Å². The zero-order chi connectivity index (χ0) is 20.3. The zero-order valence-corrected chi connectivity index (χ0v) is 17.9. The van der Waals surface area contributed by atoms with Gasteiger partial charge in [-0.3, -0.25) is 4.79 Å². The SMILES string of the molecule is C[C@@H]1CCCN(c2ccc([C@H](C)NC(=O)C3(c4ccccc4)CCCC3)cc2)C1. The Morgan fingerprint density at radius 2 is 1.72 bits per heavy atom. The Balaban J connectivity index is 1.45. The smallest absolute Gasteiger partial charge is 0.231 e. The Hall–Kier alpha value is -2.29. The quantitative estimate of drug-likeness (QED) is 0.719. The summed E-state index contributed by atoms with van der Waals surface area (Å²) in [5.41, 5.74) is 3.28. The molecule has 3 nitrogen and oxygen atoms in total. The largest absolute Gasteiger partial charge is 0.371 e. The molecule has 2 aliphatic rings. The minimum atomic E-state index is -0.362. The number of nitrogens with zero attached hydrogens (tertiary/aromatic N) is 1. The molecule has 1 heterocycles. The molecule has 1 saturated heterocycles. The highest BCUT2D eigenvalue weighted by atomic mass is 16.2. The van der Waals surface area contributed by atoms with Crippen LogP contribution < -0.4 is 10.2 Å². The third kappa shape index (κ3) is 4.19. The number of anilines is 1. The van der Waals surface area contributed by atoms with E-state index in [4.69, 9.17) is 0 Å². The molecule has 2 atom stereocenters. The van der Waals surface area contributed by atoms with Gasteiger partial charge in [-0.1, -0.05) is 62.2 Å². The first-order valence-corrected chi connectivity index (χ1v) is 11.3. The first kappa shape index (κ1) is 20.0. The van der Waals surface area contributed by atoms with Crippen LogP contribution in [0.3, 0.4) is 0 Å². The van der Waals surface area contributed by atoms with Crippen molar-refractivity contribution in [3.05, 3.63) is 65.7 Å². The van der Waals surface area contributed by atoms with Crippen molar-refractivity contribution in [1.29, 1.82) is 0 Å². The van der Waals surface area contributed by atoms with E-state index in [1.807, 2.05) is 18.2 Å². The van der Waals surface area contributed by atoms with Crippen LogP contribution in [0.15, 0.2) is 54.6 Å².